The lowest BCUT2D eigenvalue weighted by molar-refractivity contribution is -0.138. The molecule has 1 aliphatic rings. The van der Waals surface area contributed by atoms with Crippen LogP contribution in [0.5, 0.6) is 0 Å². The topological polar surface area (TPSA) is 40.5 Å². The summed E-state index contributed by atoms with van der Waals surface area (Å²) in [5.41, 5.74) is 0.280. The van der Waals surface area contributed by atoms with Gasteiger partial charge in [-0.15, -0.1) is 0 Å². The molecule has 1 heterocycles. The number of carboxylic acid groups (broad SMARTS) is 1. The summed E-state index contributed by atoms with van der Waals surface area (Å²) in [5.74, 6) is -0.195. The molecule has 2 rings (SSSR count). The molecular formula is C13H15F2NO2S. The lowest BCUT2D eigenvalue weighted by Gasteiger charge is -2.34. The van der Waals surface area contributed by atoms with Crippen molar-refractivity contribution in [1.29, 1.82) is 0 Å². The van der Waals surface area contributed by atoms with E-state index >= 15 is 0 Å². The third kappa shape index (κ3) is 3.91. The molecule has 1 aromatic carbocycles. The Morgan fingerprint density at radius 1 is 1.47 bits per heavy atom. The summed E-state index contributed by atoms with van der Waals surface area (Å²) in [6.07, 6.45) is 0.0317. The number of nitrogens with zero attached hydrogens (tertiary/aromatic N) is 1. The molecule has 1 fully saturated rings. The van der Waals surface area contributed by atoms with Crippen molar-refractivity contribution in [1.82, 2.24) is 4.90 Å². The normalized spacial score (nSPS) is 20.4. The van der Waals surface area contributed by atoms with E-state index in [0.717, 1.165) is 17.9 Å². The van der Waals surface area contributed by atoms with Crippen LogP contribution in [-0.2, 0) is 11.3 Å². The minimum Gasteiger partial charge on any atom is -0.481 e. The van der Waals surface area contributed by atoms with Crippen LogP contribution in [0.4, 0.5) is 8.78 Å². The van der Waals surface area contributed by atoms with Gasteiger partial charge in [0.1, 0.15) is 11.6 Å². The molecule has 1 N–H and O–H groups in total. The average molecular weight is 287 g/mol. The van der Waals surface area contributed by atoms with Gasteiger partial charge in [-0.3, -0.25) is 9.69 Å². The van der Waals surface area contributed by atoms with Crippen molar-refractivity contribution < 1.29 is 18.7 Å². The highest BCUT2D eigenvalue weighted by molar-refractivity contribution is 7.99. The van der Waals surface area contributed by atoms with Crippen LogP contribution in [0.3, 0.4) is 0 Å². The quantitative estimate of drug-likeness (QED) is 0.923. The standard InChI is InChI=1S/C13H15F2NO2S/c14-10-1-2-12(15)9(5-10)7-16-3-4-19-8-11(16)6-13(17)18/h1-2,5,11H,3-4,6-8H2,(H,17,18). The second-order valence-electron chi connectivity index (χ2n) is 4.53. The maximum absolute atomic E-state index is 13.6. The van der Waals surface area contributed by atoms with Crippen LogP contribution in [0.2, 0.25) is 0 Å². The highest BCUT2D eigenvalue weighted by Crippen LogP contribution is 2.22. The molecule has 1 aliphatic heterocycles. The van der Waals surface area contributed by atoms with E-state index in [1.165, 1.54) is 6.07 Å². The molecule has 6 heteroatoms. The number of benzene rings is 1. The zero-order chi connectivity index (χ0) is 13.8. The third-order valence-electron chi connectivity index (χ3n) is 3.14. The molecule has 1 aromatic rings. The molecule has 1 atom stereocenters. The van der Waals surface area contributed by atoms with Gasteiger partial charge in [0.25, 0.3) is 0 Å². The predicted molar refractivity (Wildman–Crippen MR) is 70.1 cm³/mol. The summed E-state index contributed by atoms with van der Waals surface area (Å²) in [4.78, 5) is 12.7. The molecular weight excluding hydrogens is 272 g/mol. The number of halogens is 2. The summed E-state index contributed by atoms with van der Waals surface area (Å²) < 4.78 is 26.7. The first-order valence-electron chi connectivity index (χ1n) is 6.04. The summed E-state index contributed by atoms with van der Waals surface area (Å²) in [7, 11) is 0. The van der Waals surface area contributed by atoms with E-state index < -0.39 is 17.6 Å². The smallest absolute Gasteiger partial charge is 0.304 e. The molecule has 104 valence electrons. The number of rotatable bonds is 4. The minimum atomic E-state index is -0.864. The number of carboxylic acids is 1. The Hall–Kier alpha value is -1.14. The highest BCUT2D eigenvalue weighted by Gasteiger charge is 2.25. The summed E-state index contributed by atoms with van der Waals surface area (Å²) >= 11 is 1.69. The Morgan fingerprint density at radius 2 is 2.26 bits per heavy atom. The number of hydrogen-bond acceptors (Lipinski definition) is 3. The molecule has 0 amide bonds. The fraction of sp³-hybridized carbons (Fsp3) is 0.462. The molecule has 0 bridgehead atoms. The Kier molecular flexibility index (Phi) is 4.76. The zero-order valence-electron chi connectivity index (χ0n) is 10.3. The maximum atomic E-state index is 13.6. The van der Waals surface area contributed by atoms with E-state index in [2.05, 4.69) is 0 Å². The number of thioether (sulfide) groups is 1. The summed E-state index contributed by atoms with van der Waals surface area (Å²) in [6.45, 7) is 0.945. The van der Waals surface area contributed by atoms with E-state index in [9.17, 15) is 13.6 Å². The van der Waals surface area contributed by atoms with Crippen LogP contribution >= 0.6 is 11.8 Å². The Morgan fingerprint density at radius 3 is 3.00 bits per heavy atom. The van der Waals surface area contributed by atoms with Crippen LogP contribution in [-0.4, -0.2) is 40.1 Å². The number of carbonyl (C=O) groups is 1. The fourth-order valence-electron chi connectivity index (χ4n) is 2.17. The Bertz CT molecular complexity index is 470. The van der Waals surface area contributed by atoms with Gasteiger partial charge in [-0.25, -0.2) is 8.78 Å². The van der Waals surface area contributed by atoms with Crippen LogP contribution in [0.25, 0.3) is 0 Å². The van der Waals surface area contributed by atoms with Gasteiger partial charge in [0.05, 0.1) is 6.42 Å². The first-order valence-corrected chi connectivity index (χ1v) is 7.19. The number of hydrogen-bond donors (Lipinski definition) is 1. The molecule has 1 saturated heterocycles. The van der Waals surface area contributed by atoms with E-state index in [0.29, 0.717) is 12.3 Å². The minimum absolute atomic E-state index is 0.0317. The molecule has 0 radical (unpaired) electrons. The summed E-state index contributed by atoms with van der Waals surface area (Å²) in [6, 6.07) is 3.24. The van der Waals surface area contributed by atoms with Gasteiger partial charge in [-0.2, -0.15) is 11.8 Å². The monoisotopic (exact) mass is 287 g/mol. The second-order valence-corrected chi connectivity index (χ2v) is 5.68. The zero-order valence-corrected chi connectivity index (χ0v) is 11.1. The van der Waals surface area contributed by atoms with Crippen molar-refractivity contribution >= 4 is 17.7 Å². The van der Waals surface area contributed by atoms with Gasteiger partial charge in [-0.1, -0.05) is 0 Å². The van der Waals surface area contributed by atoms with E-state index in [-0.39, 0.29) is 24.6 Å². The van der Waals surface area contributed by atoms with Crippen LogP contribution in [0.1, 0.15) is 12.0 Å². The van der Waals surface area contributed by atoms with Crippen molar-refractivity contribution in [2.75, 3.05) is 18.1 Å². The van der Waals surface area contributed by atoms with Crippen molar-refractivity contribution in [2.24, 2.45) is 0 Å². The van der Waals surface area contributed by atoms with Crippen molar-refractivity contribution in [2.45, 2.75) is 19.0 Å². The molecule has 0 saturated carbocycles. The SMILES string of the molecule is O=C(O)CC1CSCCN1Cc1cc(F)ccc1F. The molecule has 1 unspecified atom stereocenters. The van der Waals surface area contributed by atoms with Crippen LogP contribution in [0, 0.1) is 11.6 Å². The number of aliphatic carboxylic acids is 1. The molecule has 0 spiro atoms. The lowest BCUT2D eigenvalue weighted by atomic mass is 10.1. The Labute approximate surface area is 114 Å². The average Bonchev–Trinajstić information content (AvgIpc) is 2.35. The van der Waals surface area contributed by atoms with Crippen LogP contribution < -0.4 is 0 Å². The van der Waals surface area contributed by atoms with Gasteiger partial charge >= 0.3 is 5.97 Å². The highest BCUT2D eigenvalue weighted by atomic mass is 32.2. The molecule has 19 heavy (non-hydrogen) atoms. The van der Waals surface area contributed by atoms with Crippen molar-refractivity contribution in [3.63, 3.8) is 0 Å². The molecule has 0 aromatic heterocycles. The van der Waals surface area contributed by atoms with Gasteiger partial charge in [-0.05, 0) is 18.2 Å². The largest absolute Gasteiger partial charge is 0.481 e. The first kappa shape index (κ1) is 14.3. The van der Waals surface area contributed by atoms with E-state index in [4.69, 9.17) is 5.11 Å². The first-order chi connectivity index (χ1) is 9.06. The van der Waals surface area contributed by atoms with Crippen molar-refractivity contribution in [3.8, 4) is 0 Å². The third-order valence-corrected chi connectivity index (χ3v) is 4.23. The molecule has 0 aliphatic carbocycles. The predicted octanol–water partition coefficient (Wildman–Crippen LogP) is 2.36. The van der Waals surface area contributed by atoms with Gasteiger partial charge in [0, 0.05) is 36.2 Å². The van der Waals surface area contributed by atoms with E-state index in [1.54, 1.807) is 11.8 Å². The van der Waals surface area contributed by atoms with Crippen LogP contribution in [0.15, 0.2) is 18.2 Å². The van der Waals surface area contributed by atoms with E-state index in [1.807, 2.05) is 4.90 Å². The lowest BCUT2D eigenvalue weighted by Crippen LogP contribution is -2.43. The fourth-order valence-corrected chi connectivity index (χ4v) is 3.30. The molecule has 3 nitrogen and oxygen atoms in total. The Balaban J connectivity index is 2.10. The second kappa shape index (κ2) is 6.34. The van der Waals surface area contributed by atoms with Gasteiger partial charge in [0.2, 0.25) is 0 Å². The maximum Gasteiger partial charge on any atom is 0.304 e. The summed E-state index contributed by atoms with van der Waals surface area (Å²) in [5, 5.41) is 8.88. The van der Waals surface area contributed by atoms with Crippen molar-refractivity contribution in [3.05, 3.63) is 35.4 Å². The van der Waals surface area contributed by atoms with Gasteiger partial charge in [0.15, 0.2) is 0 Å². The van der Waals surface area contributed by atoms with Gasteiger partial charge < -0.3 is 5.11 Å².